The van der Waals surface area contributed by atoms with E-state index in [0.717, 1.165) is 25.7 Å². The van der Waals surface area contributed by atoms with E-state index in [4.69, 9.17) is 20.6 Å². The van der Waals surface area contributed by atoms with Crippen LogP contribution < -0.4 is 11.2 Å². The van der Waals surface area contributed by atoms with Gasteiger partial charge in [-0.2, -0.15) is 13.2 Å². The van der Waals surface area contributed by atoms with Gasteiger partial charge in [0.1, 0.15) is 31.1 Å². The Morgan fingerprint density at radius 1 is 1.07 bits per heavy atom. The van der Waals surface area contributed by atoms with E-state index in [2.05, 4.69) is 12.8 Å². The highest BCUT2D eigenvalue weighted by Gasteiger charge is 2.41. The first-order valence-corrected chi connectivity index (χ1v) is 14.7. The molecule has 12 heteroatoms. The Hall–Kier alpha value is -2.78. The summed E-state index contributed by atoms with van der Waals surface area (Å²) in [6, 6.07) is 0. The van der Waals surface area contributed by atoms with E-state index < -0.39 is 47.5 Å². The Morgan fingerprint density at radius 3 is 2.29 bits per heavy atom. The molecule has 0 bridgehead atoms. The van der Waals surface area contributed by atoms with Gasteiger partial charge in [0.05, 0.1) is 6.10 Å². The van der Waals surface area contributed by atoms with Gasteiger partial charge in [-0.25, -0.2) is 9.59 Å². The molecule has 0 saturated carbocycles. The summed E-state index contributed by atoms with van der Waals surface area (Å²) < 4.78 is 57.3. The van der Waals surface area contributed by atoms with Crippen molar-refractivity contribution in [2.24, 2.45) is 0 Å². The second-order valence-corrected chi connectivity index (χ2v) is 10.4. The Morgan fingerprint density at radius 2 is 1.71 bits per heavy atom. The molecule has 0 spiro atoms. The fourth-order valence-corrected chi connectivity index (χ4v) is 4.85. The number of carbonyl (C=O) groups excluding carboxylic acids is 1. The number of nitrogens with one attached hydrogen (secondary N) is 1. The average molecular weight is 588 g/mol. The predicted octanol–water partition coefficient (Wildman–Crippen LogP) is 5.63. The maximum Gasteiger partial charge on any atom is 0.423 e. The molecular formula is C29H44F3N3O6. The molecular weight excluding hydrogens is 543 g/mol. The number of amides is 1. The molecule has 1 N–H and O–H groups in total. The van der Waals surface area contributed by atoms with Crippen molar-refractivity contribution in [2.45, 2.75) is 116 Å². The Balaban J connectivity index is 1.92. The largest absolute Gasteiger partial charge is 0.447 e. The second kappa shape index (κ2) is 17.9. The van der Waals surface area contributed by atoms with Crippen LogP contribution in [0.4, 0.5) is 18.0 Å². The van der Waals surface area contributed by atoms with Crippen molar-refractivity contribution in [3.05, 3.63) is 32.6 Å². The van der Waals surface area contributed by atoms with Crippen LogP contribution in [0.1, 0.15) is 103 Å². The van der Waals surface area contributed by atoms with Crippen LogP contribution in [0.3, 0.4) is 0 Å². The minimum absolute atomic E-state index is 0.0373. The first-order valence-electron chi connectivity index (χ1n) is 14.7. The van der Waals surface area contributed by atoms with Gasteiger partial charge in [-0.15, -0.1) is 6.42 Å². The highest BCUT2D eigenvalue weighted by molar-refractivity contribution is 5.67. The van der Waals surface area contributed by atoms with E-state index in [0.29, 0.717) is 23.9 Å². The van der Waals surface area contributed by atoms with Crippen molar-refractivity contribution in [1.29, 1.82) is 0 Å². The van der Waals surface area contributed by atoms with Gasteiger partial charge >= 0.3 is 18.0 Å². The van der Waals surface area contributed by atoms with Crippen LogP contribution in [0.15, 0.2) is 15.8 Å². The second-order valence-electron chi connectivity index (χ2n) is 10.4. The number of H-pyrrole nitrogens is 1. The zero-order valence-corrected chi connectivity index (χ0v) is 24.2. The fourth-order valence-electron chi connectivity index (χ4n) is 4.85. The minimum atomic E-state index is -4.97. The van der Waals surface area contributed by atoms with Crippen LogP contribution in [0.25, 0.3) is 0 Å². The van der Waals surface area contributed by atoms with Crippen LogP contribution in [0.2, 0.25) is 0 Å². The molecule has 3 atom stereocenters. The topological polar surface area (TPSA) is 103 Å². The summed E-state index contributed by atoms with van der Waals surface area (Å²) in [6.45, 7) is 4.90. The molecule has 1 aliphatic rings. The third-order valence-corrected chi connectivity index (χ3v) is 7.05. The zero-order chi connectivity index (χ0) is 30.3. The van der Waals surface area contributed by atoms with Crippen LogP contribution >= 0.6 is 0 Å². The summed E-state index contributed by atoms with van der Waals surface area (Å²) >= 11 is 0. The predicted molar refractivity (Wildman–Crippen MR) is 148 cm³/mol. The van der Waals surface area contributed by atoms with Crippen molar-refractivity contribution in [2.75, 3.05) is 26.3 Å². The molecule has 232 valence electrons. The smallest absolute Gasteiger partial charge is 0.423 e. The van der Waals surface area contributed by atoms with E-state index in [1.807, 2.05) is 6.92 Å². The molecule has 1 saturated heterocycles. The van der Waals surface area contributed by atoms with Crippen LogP contribution in [-0.4, -0.2) is 59.1 Å². The molecule has 1 aromatic heterocycles. The highest BCUT2D eigenvalue weighted by atomic mass is 19.4. The molecule has 1 amide bonds. The molecule has 0 aliphatic carbocycles. The number of ether oxygens (including phenoxy) is 3. The number of aromatic nitrogens is 2. The quantitative estimate of drug-likeness (QED) is 0.176. The summed E-state index contributed by atoms with van der Waals surface area (Å²) in [5.74, 6) is 2.31. The minimum Gasteiger partial charge on any atom is -0.447 e. The standard InChI is InChI=1S/C29H44F3N3O6/c1-4-7-8-9-10-11-12-13-14-15-17-34(16-5-2)28(38)40-21-24-23(39-18-6-3)19-25(41-24)35-20-22(29(30,31)32)26(36)33-27(35)37/h3,20,23-25H,4-5,7-19,21H2,1-2H3,(H,33,36,37)/t23-,24+,25+/m0/s1. The molecule has 0 unspecified atom stereocenters. The summed E-state index contributed by atoms with van der Waals surface area (Å²) in [5.41, 5.74) is -4.13. The first kappa shape index (κ1) is 34.4. The molecule has 41 heavy (non-hydrogen) atoms. The van der Waals surface area contributed by atoms with Crippen LogP contribution in [0.5, 0.6) is 0 Å². The lowest BCUT2D eigenvalue weighted by Gasteiger charge is -2.24. The first-order chi connectivity index (χ1) is 19.6. The molecule has 1 aliphatic heterocycles. The molecule has 2 rings (SSSR count). The number of hydrogen-bond acceptors (Lipinski definition) is 6. The number of unbranched alkanes of at least 4 members (excludes halogenated alkanes) is 9. The Bertz CT molecular complexity index is 1080. The summed E-state index contributed by atoms with van der Waals surface area (Å²) in [6.07, 6.45) is 9.94. The van der Waals surface area contributed by atoms with Gasteiger partial charge < -0.3 is 19.1 Å². The lowest BCUT2D eigenvalue weighted by molar-refractivity contribution is -0.139. The SMILES string of the molecule is C#CCO[C@H]1C[C@H](n2cc(C(F)(F)F)c(=O)[nH]c2=O)O[C@@H]1COC(=O)N(CCC)CCCCCCCCCCCC. The summed E-state index contributed by atoms with van der Waals surface area (Å²) in [5, 5.41) is 0. The third-order valence-electron chi connectivity index (χ3n) is 7.05. The van der Waals surface area contributed by atoms with Gasteiger partial charge in [-0.3, -0.25) is 14.3 Å². The van der Waals surface area contributed by atoms with E-state index in [9.17, 15) is 27.6 Å². The normalized spacial score (nSPS) is 18.8. The third kappa shape index (κ3) is 11.6. The van der Waals surface area contributed by atoms with Gasteiger partial charge in [0.25, 0.3) is 5.56 Å². The molecule has 1 fully saturated rings. The Labute approximate surface area is 239 Å². The number of aromatic amines is 1. The molecule has 9 nitrogen and oxygen atoms in total. The number of hydrogen-bond donors (Lipinski definition) is 1. The van der Waals surface area contributed by atoms with E-state index in [1.54, 1.807) is 9.88 Å². The molecule has 1 aromatic rings. The number of alkyl halides is 3. The highest BCUT2D eigenvalue weighted by Crippen LogP contribution is 2.32. The van der Waals surface area contributed by atoms with Crippen LogP contribution in [0, 0.1) is 12.3 Å². The fraction of sp³-hybridized carbons (Fsp3) is 0.759. The van der Waals surface area contributed by atoms with Crippen molar-refractivity contribution >= 4 is 6.09 Å². The van der Waals surface area contributed by atoms with Gasteiger partial charge in [0.15, 0.2) is 0 Å². The van der Waals surface area contributed by atoms with Gasteiger partial charge in [-0.05, 0) is 12.8 Å². The van der Waals surface area contributed by atoms with Gasteiger partial charge in [-0.1, -0.05) is 77.6 Å². The van der Waals surface area contributed by atoms with Crippen molar-refractivity contribution in [1.82, 2.24) is 14.5 Å². The summed E-state index contributed by atoms with van der Waals surface area (Å²) in [4.78, 5) is 40.1. The monoisotopic (exact) mass is 587 g/mol. The van der Waals surface area contributed by atoms with E-state index in [1.165, 1.54) is 44.9 Å². The zero-order valence-electron chi connectivity index (χ0n) is 24.2. The van der Waals surface area contributed by atoms with E-state index >= 15 is 0 Å². The maximum atomic E-state index is 13.2. The molecule has 0 radical (unpaired) electrons. The Kier molecular flexibility index (Phi) is 15.0. The lowest BCUT2D eigenvalue weighted by atomic mass is 10.1. The van der Waals surface area contributed by atoms with Gasteiger partial charge in [0, 0.05) is 25.7 Å². The molecule has 2 heterocycles. The lowest BCUT2D eigenvalue weighted by Crippen LogP contribution is -2.37. The number of halogens is 3. The maximum absolute atomic E-state index is 13.2. The number of rotatable bonds is 18. The van der Waals surface area contributed by atoms with Crippen molar-refractivity contribution in [3.63, 3.8) is 0 Å². The van der Waals surface area contributed by atoms with Gasteiger partial charge in [0.2, 0.25) is 0 Å². The van der Waals surface area contributed by atoms with Crippen molar-refractivity contribution in [3.8, 4) is 12.3 Å². The molecule has 0 aromatic carbocycles. The van der Waals surface area contributed by atoms with Crippen LogP contribution in [-0.2, 0) is 20.4 Å². The average Bonchev–Trinajstić information content (AvgIpc) is 3.32. The number of carbonyl (C=O) groups is 1. The summed E-state index contributed by atoms with van der Waals surface area (Å²) in [7, 11) is 0. The number of terminal acetylenes is 1. The van der Waals surface area contributed by atoms with E-state index in [-0.39, 0.29) is 19.6 Å². The van der Waals surface area contributed by atoms with Crippen molar-refractivity contribution < 1.29 is 32.2 Å². The number of nitrogens with zero attached hydrogens (tertiary/aromatic N) is 2.